The Morgan fingerprint density at radius 3 is 2.32 bits per heavy atom. The third-order valence-electron chi connectivity index (χ3n) is 5.25. The first-order valence-electron chi connectivity index (χ1n) is 8.75. The van der Waals surface area contributed by atoms with E-state index in [4.69, 9.17) is 0 Å². The van der Waals surface area contributed by atoms with Gasteiger partial charge in [0, 0.05) is 22.4 Å². The van der Waals surface area contributed by atoms with Crippen LogP contribution >= 0.6 is 0 Å². The number of hydrogen-bond acceptors (Lipinski definition) is 1. The largest absolute Gasteiger partial charge is 0.355 e. The lowest BCUT2D eigenvalue weighted by molar-refractivity contribution is 0.660. The number of anilines is 2. The second kappa shape index (κ2) is 5.63. The van der Waals surface area contributed by atoms with E-state index in [0.717, 1.165) is 22.5 Å². The summed E-state index contributed by atoms with van der Waals surface area (Å²) in [7, 11) is 0. The van der Waals surface area contributed by atoms with Gasteiger partial charge >= 0.3 is 0 Å². The molecule has 0 aromatic heterocycles. The van der Waals surface area contributed by atoms with Crippen LogP contribution in [0.1, 0.15) is 37.5 Å². The zero-order chi connectivity index (χ0) is 17.6. The summed E-state index contributed by atoms with van der Waals surface area (Å²) in [6, 6.07) is 23.8. The zero-order valence-corrected chi connectivity index (χ0v) is 15.1. The van der Waals surface area contributed by atoms with Crippen LogP contribution in [0.25, 0.3) is 16.7 Å². The Balaban J connectivity index is 1.77. The quantitative estimate of drug-likeness (QED) is 0.560. The molecular formula is C24H23N. The van der Waals surface area contributed by atoms with Crippen molar-refractivity contribution in [2.75, 3.05) is 5.32 Å². The normalized spacial score (nSPS) is 13.9. The van der Waals surface area contributed by atoms with Crippen LogP contribution in [0, 0.1) is 0 Å². The van der Waals surface area contributed by atoms with Crippen molar-refractivity contribution in [1.29, 1.82) is 0 Å². The van der Waals surface area contributed by atoms with E-state index in [1.807, 2.05) is 6.92 Å². The van der Waals surface area contributed by atoms with Crippen molar-refractivity contribution in [2.45, 2.75) is 26.2 Å². The van der Waals surface area contributed by atoms with E-state index < -0.39 is 0 Å². The van der Waals surface area contributed by atoms with Gasteiger partial charge < -0.3 is 5.32 Å². The molecule has 1 aliphatic carbocycles. The van der Waals surface area contributed by atoms with Gasteiger partial charge in [0.25, 0.3) is 0 Å². The third-order valence-corrected chi connectivity index (χ3v) is 5.25. The highest BCUT2D eigenvalue weighted by molar-refractivity contribution is 5.84. The van der Waals surface area contributed by atoms with E-state index in [1.165, 1.54) is 22.3 Å². The molecule has 0 heterocycles. The molecular weight excluding hydrogens is 302 g/mol. The molecule has 0 radical (unpaired) electrons. The van der Waals surface area contributed by atoms with E-state index >= 15 is 0 Å². The summed E-state index contributed by atoms with van der Waals surface area (Å²) in [6.07, 6.45) is 0. The molecule has 0 atom stereocenters. The molecule has 25 heavy (non-hydrogen) atoms. The van der Waals surface area contributed by atoms with Gasteiger partial charge in [-0.15, -0.1) is 0 Å². The molecule has 3 aromatic rings. The lowest BCUT2D eigenvalue weighted by atomic mass is 9.82. The Kier molecular flexibility index (Phi) is 3.54. The fourth-order valence-electron chi connectivity index (χ4n) is 3.90. The highest BCUT2D eigenvalue weighted by atomic mass is 14.9. The van der Waals surface area contributed by atoms with Crippen LogP contribution in [0.15, 0.2) is 73.3 Å². The van der Waals surface area contributed by atoms with Crippen LogP contribution in [0.4, 0.5) is 11.4 Å². The topological polar surface area (TPSA) is 12.0 Å². The zero-order valence-electron chi connectivity index (χ0n) is 15.1. The average Bonchev–Trinajstić information content (AvgIpc) is 2.83. The number of rotatable bonds is 3. The Morgan fingerprint density at radius 2 is 1.52 bits per heavy atom. The van der Waals surface area contributed by atoms with Gasteiger partial charge in [-0.3, -0.25) is 0 Å². The SMILES string of the molecule is C=C(C)c1ccccc1Nc1ccc2c(c1)C(C)(C)c1ccccc1-2. The van der Waals surface area contributed by atoms with E-state index in [-0.39, 0.29) is 5.41 Å². The lowest BCUT2D eigenvalue weighted by Crippen LogP contribution is -2.15. The van der Waals surface area contributed by atoms with Crippen LogP contribution in [-0.4, -0.2) is 0 Å². The van der Waals surface area contributed by atoms with Crippen LogP contribution in [0.2, 0.25) is 0 Å². The van der Waals surface area contributed by atoms with E-state index in [0.29, 0.717) is 0 Å². The Hall–Kier alpha value is -2.80. The minimum atomic E-state index is 0.0253. The van der Waals surface area contributed by atoms with Crippen LogP contribution in [0.3, 0.4) is 0 Å². The van der Waals surface area contributed by atoms with E-state index in [1.54, 1.807) is 0 Å². The van der Waals surface area contributed by atoms with Gasteiger partial charge in [-0.2, -0.15) is 0 Å². The summed E-state index contributed by atoms with van der Waals surface area (Å²) in [4.78, 5) is 0. The van der Waals surface area contributed by atoms with Gasteiger partial charge in [0.15, 0.2) is 0 Å². The second-order valence-electron chi connectivity index (χ2n) is 7.38. The third kappa shape index (κ3) is 2.47. The van der Waals surface area contributed by atoms with Gasteiger partial charge in [-0.25, -0.2) is 0 Å². The average molecular weight is 325 g/mol. The molecule has 1 nitrogen and oxygen atoms in total. The van der Waals surface area contributed by atoms with Gasteiger partial charge in [-0.1, -0.05) is 69.0 Å². The van der Waals surface area contributed by atoms with Crippen molar-refractivity contribution >= 4 is 16.9 Å². The number of hydrogen-bond donors (Lipinski definition) is 1. The first-order valence-corrected chi connectivity index (χ1v) is 8.75. The second-order valence-corrected chi connectivity index (χ2v) is 7.38. The summed E-state index contributed by atoms with van der Waals surface area (Å²) >= 11 is 0. The summed E-state index contributed by atoms with van der Waals surface area (Å²) in [5.41, 5.74) is 9.96. The maximum Gasteiger partial charge on any atom is 0.0460 e. The van der Waals surface area contributed by atoms with Crippen LogP contribution in [0.5, 0.6) is 0 Å². The summed E-state index contributed by atoms with van der Waals surface area (Å²) in [5.74, 6) is 0. The number of fused-ring (bicyclic) bond motifs is 3. The molecule has 0 amide bonds. The molecule has 4 rings (SSSR count). The minimum Gasteiger partial charge on any atom is -0.355 e. The van der Waals surface area contributed by atoms with Crippen molar-refractivity contribution in [1.82, 2.24) is 0 Å². The van der Waals surface area contributed by atoms with Gasteiger partial charge in [0.2, 0.25) is 0 Å². The van der Waals surface area contributed by atoms with Crippen molar-refractivity contribution in [2.24, 2.45) is 0 Å². The molecule has 0 spiro atoms. The van der Waals surface area contributed by atoms with Crippen LogP contribution < -0.4 is 5.32 Å². The Labute approximate surface area is 150 Å². The lowest BCUT2D eigenvalue weighted by Gasteiger charge is -2.22. The van der Waals surface area contributed by atoms with Crippen LogP contribution in [-0.2, 0) is 5.41 Å². The van der Waals surface area contributed by atoms with Gasteiger partial charge in [0.1, 0.15) is 0 Å². The van der Waals surface area contributed by atoms with Crippen molar-refractivity contribution in [3.63, 3.8) is 0 Å². The highest BCUT2D eigenvalue weighted by Gasteiger charge is 2.35. The highest BCUT2D eigenvalue weighted by Crippen LogP contribution is 2.49. The summed E-state index contributed by atoms with van der Waals surface area (Å²) in [6.45, 7) is 10.8. The number of allylic oxidation sites excluding steroid dienone is 1. The Bertz CT molecular complexity index is 979. The van der Waals surface area contributed by atoms with Crippen molar-refractivity contribution in [3.8, 4) is 11.1 Å². The standard InChI is InChI=1S/C24H23N/c1-16(2)18-9-6-8-12-23(18)25-17-13-14-20-19-10-5-7-11-21(19)24(3,4)22(20)15-17/h5-15,25H,1H2,2-4H3. The van der Waals surface area contributed by atoms with E-state index in [9.17, 15) is 0 Å². The van der Waals surface area contributed by atoms with Crippen molar-refractivity contribution in [3.05, 3.63) is 90.0 Å². The molecule has 124 valence electrons. The molecule has 1 aliphatic rings. The first kappa shape index (κ1) is 15.7. The van der Waals surface area contributed by atoms with Crippen molar-refractivity contribution < 1.29 is 0 Å². The molecule has 0 bridgehead atoms. The molecule has 1 heteroatoms. The molecule has 0 fully saturated rings. The fraction of sp³-hybridized carbons (Fsp3) is 0.167. The fourth-order valence-corrected chi connectivity index (χ4v) is 3.90. The number of nitrogens with one attached hydrogen (secondary N) is 1. The van der Waals surface area contributed by atoms with Gasteiger partial charge in [-0.05, 0) is 52.9 Å². The molecule has 3 aromatic carbocycles. The number of benzene rings is 3. The predicted octanol–water partition coefficient (Wildman–Crippen LogP) is 6.77. The molecule has 0 aliphatic heterocycles. The maximum atomic E-state index is 4.10. The molecule has 0 unspecified atom stereocenters. The molecule has 1 N–H and O–H groups in total. The molecule has 0 saturated carbocycles. The predicted molar refractivity (Wildman–Crippen MR) is 108 cm³/mol. The number of para-hydroxylation sites is 1. The summed E-state index contributed by atoms with van der Waals surface area (Å²) < 4.78 is 0. The first-order chi connectivity index (χ1) is 12.0. The monoisotopic (exact) mass is 325 g/mol. The summed E-state index contributed by atoms with van der Waals surface area (Å²) in [5, 5.41) is 3.59. The Morgan fingerprint density at radius 1 is 0.840 bits per heavy atom. The van der Waals surface area contributed by atoms with E-state index in [2.05, 4.69) is 92.5 Å². The molecule has 0 saturated heterocycles. The van der Waals surface area contributed by atoms with Gasteiger partial charge in [0.05, 0.1) is 0 Å². The smallest absolute Gasteiger partial charge is 0.0460 e. The maximum absolute atomic E-state index is 4.10. The minimum absolute atomic E-state index is 0.0253.